The molecule has 0 radical (unpaired) electrons. The van der Waals surface area contributed by atoms with Crippen molar-refractivity contribution in [1.29, 1.82) is 0 Å². The average molecular weight is 171 g/mol. The molecule has 0 aliphatic heterocycles. The molecule has 0 atom stereocenters. The molecule has 0 amide bonds. The van der Waals surface area contributed by atoms with Crippen molar-refractivity contribution >= 4 is 9.08 Å². The highest BCUT2D eigenvalue weighted by Gasteiger charge is 2.35. The third kappa shape index (κ3) is 7.97. The number of hydrogen-bond donors (Lipinski definition) is 0. The summed E-state index contributed by atoms with van der Waals surface area (Å²) in [7, 11) is -1.70. The van der Waals surface area contributed by atoms with Gasteiger partial charge in [-0.15, -0.1) is 0 Å². The van der Waals surface area contributed by atoms with Gasteiger partial charge in [-0.1, -0.05) is 0 Å². The van der Waals surface area contributed by atoms with Crippen LogP contribution >= 0.6 is 0 Å². The van der Waals surface area contributed by atoms with Crippen LogP contribution in [0.2, 0.25) is 6.04 Å². The highest BCUT2D eigenvalue weighted by molar-refractivity contribution is 6.58. The third-order valence-corrected chi connectivity index (χ3v) is 1.99. The molecule has 0 heterocycles. The van der Waals surface area contributed by atoms with Crippen LogP contribution in [0.1, 0.15) is 6.42 Å². The fourth-order valence-corrected chi connectivity index (χ4v) is 1.15. The van der Waals surface area contributed by atoms with E-state index in [9.17, 15) is 12.3 Å². The molecule has 5 heteroatoms. The molecule has 0 saturated heterocycles. The summed E-state index contributed by atoms with van der Waals surface area (Å²) < 4.78 is 34.9. The zero-order chi connectivity index (χ0) is 8.20. The standard InChI is InChI=1S/C5H12F3NSi/c1-9(2)4-3-5-10(6,7)8/h3-5H2,1-2H3. The van der Waals surface area contributed by atoms with Gasteiger partial charge >= 0.3 is 9.08 Å². The Balaban J connectivity index is 3.21. The Morgan fingerprint density at radius 2 is 1.70 bits per heavy atom. The van der Waals surface area contributed by atoms with Gasteiger partial charge in [0.2, 0.25) is 0 Å². The summed E-state index contributed by atoms with van der Waals surface area (Å²) in [6.07, 6.45) is 0.253. The van der Waals surface area contributed by atoms with Gasteiger partial charge in [-0.05, 0) is 27.1 Å². The Bertz CT molecular complexity index is 91.4. The summed E-state index contributed by atoms with van der Waals surface area (Å²) >= 11 is 0. The normalized spacial score (nSPS) is 12.6. The molecular formula is C5H12F3NSi. The van der Waals surface area contributed by atoms with Crippen LogP contribution in [0.15, 0.2) is 0 Å². The number of halogens is 3. The minimum Gasteiger partial charge on any atom is -0.309 e. The SMILES string of the molecule is CN(C)CCC[Si](F)(F)F. The van der Waals surface area contributed by atoms with E-state index >= 15 is 0 Å². The lowest BCUT2D eigenvalue weighted by molar-refractivity contribution is 0.392. The van der Waals surface area contributed by atoms with Crippen LogP contribution in [0.3, 0.4) is 0 Å². The summed E-state index contributed by atoms with van der Waals surface area (Å²) in [5.41, 5.74) is 0. The van der Waals surface area contributed by atoms with Crippen molar-refractivity contribution in [1.82, 2.24) is 4.90 Å². The molecule has 0 unspecified atom stereocenters. The van der Waals surface area contributed by atoms with E-state index in [1.54, 1.807) is 19.0 Å². The zero-order valence-corrected chi connectivity index (χ0v) is 7.20. The first-order valence-electron chi connectivity index (χ1n) is 3.13. The largest absolute Gasteiger partial charge is 0.616 e. The third-order valence-electron chi connectivity index (χ3n) is 1.07. The van der Waals surface area contributed by atoms with Crippen molar-refractivity contribution in [2.24, 2.45) is 0 Å². The maximum absolute atomic E-state index is 11.6. The predicted octanol–water partition coefficient (Wildman–Crippen LogP) is 1.79. The predicted molar refractivity (Wildman–Crippen MR) is 37.1 cm³/mol. The van der Waals surface area contributed by atoms with Crippen LogP contribution in [0.4, 0.5) is 12.3 Å². The number of hydrogen-bond acceptors (Lipinski definition) is 1. The first-order chi connectivity index (χ1) is 4.42. The monoisotopic (exact) mass is 171 g/mol. The van der Waals surface area contributed by atoms with E-state index in [4.69, 9.17) is 0 Å². The van der Waals surface area contributed by atoms with Crippen LogP contribution in [-0.2, 0) is 0 Å². The Morgan fingerprint density at radius 1 is 1.20 bits per heavy atom. The van der Waals surface area contributed by atoms with Crippen LogP contribution in [-0.4, -0.2) is 34.6 Å². The minimum absolute atomic E-state index is 0.253. The Labute approximate surface area is 60.4 Å². The van der Waals surface area contributed by atoms with Crippen LogP contribution < -0.4 is 0 Å². The fraction of sp³-hybridized carbons (Fsp3) is 1.00. The summed E-state index contributed by atoms with van der Waals surface area (Å²) in [4.78, 5) is 1.76. The highest BCUT2D eigenvalue weighted by Crippen LogP contribution is 2.16. The van der Waals surface area contributed by atoms with Crippen molar-refractivity contribution in [2.45, 2.75) is 12.5 Å². The summed E-state index contributed by atoms with van der Waals surface area (Å²) in [5.74, 6) is 0. The Morgan fingerprint density at radius 3 is 2.00 bits per heavy atom. The molecule has 0 aromatic carbocycles. The van der Waals surface area contributed by atoms with Crippen molar-refractivity contribution in [3.05, 3.63) is 0 Å². The molecule has 0 aliphatic rings. The molecule has 0 bridgehead atoms. The molecular weight excluding hydrogens is 159 g/mol. The van der Waals surface area contributed by atoms with Crippen molar-refractivity contribution in [3.63, 3.8) is 0 Å². The molecule has 0 rings (SSSR count). The second-order valence-corrected chi connectivity index (χ2v) is 4.25. The maximum atomic E-state index is 11.6. The van der Waals surface area contributed by atoms with Gasteiger partial charge < -0.3 is 4.90 Å². The van der Waals surface area contributed by atoms with Crippen molar-refractivity contribution in [2.75, 3.05) is 20.6 Å². The van der Waals surface area contributed by atoms with E-state index < -0.39 is 15.1 Å². The maximum Gasteiger partial charge on any atom is 0.616 e. The second kappa shape index (κ2) is 3.97. The van der Waals surface area contributed by atoms with Gasteiger partial charge in [0.1, 0.15) is 0 Å². The van der Waals surface area contributed by atoms with E-state index in [0.717, 1.165) is 0 Å². The Hall–Kier alpha value is -0.0331. The van der Waals surface area contributed by atoms with Crippen LogP contribution in [0.25, 0.3) is 0 Å². The van der Waals surface area contributed by atoms with E-state index in [0.29, 0.717) is 6.54 Å². The van der Waals surface area contributed by atoms with Gasteiger partial charge in [-0.25, -0.2) is 12.3 Å². The zero-order valence-electron chi connectivity index (χ0n) is 6.20. The van der Waals surface area contributed by atoms with Crippen molar-refractivity contribution in [3.8, 4) is 0 Å². The van der Waals surface area contributed by atoms with Gasteiger partial charge in [0, 0.05) is 6.04 Å². The van der Waals surface area contributed by atoms with Gasteiger partial charge in [0.05, 0.1) is 0 Å². The van der Waals surface area contributed by atoms with Gasteiger partial charge in [-0.3, -0.25) is 0 Å². The molecule has 0 spiro atoms. The van der Waals surface area contributed by atoms with E-state index in [-0.39, 0.29) is 6.42 Å². The smallest absolute Gasteiger partial charge is 0.309 e. The lowest BCUT2D eigenvalue weighted by Gasteiger charge is -2.08. The first kappa shape index (κ1) is 9.97. The quantitative estimate of drug-likeness (QED) is 0.460. The summed E-state index contributed by atoms with van der Waals surface area (Å²) in [5, 5.41) is 0. The summed E-state index contributed by atoms with van der Waals surface area (Å²) in [6, 6.07) is -0.537. The molecule has 0 N–H and O–H groups in total. The second-order valence-electron chi connectivity index (χ2n) is 2.52. The molecule has 10 heavy (non-hydrogen) atoms. The summed E-state index contributed by atoms with van der Waals surface area (Å²) in [6.45, 7) is 0.534. The van der Waals surface area contributed by atoms with Crippen LogP contribution in [0.5, 0.6) is 0 Å². The first-order valence-corrected chi connectivity index (χ1v) is 4.97. The fourth-order valence-electron chi connectivity index (χ4n) is 0.596. The van der Waals surface area contributed by atoms with Gasteiger partial charge in [0.25, 0.3) is 0 Å². The van der Waals surface area contributed by atoms with E-state index in [1.165, 1.54) is 0 Å². The highest BCUT2D eigenvalue weighted by atomic mass is 28.5. The molecule has 0 aliphatic carbocycles. The van der Waals surface area contributed by atoms with Gasteiger partial charge in [0.15, 0.2) is 0 Å². The molecule has 0 aromatic rings. The number of rotatable bonds is 4. The molecule has 62 valence electrons. The van der Waals surface area contributed by atoms with E-state index in [1.807, 2.05) is 0 Å². The topological polar surface area (TPSA) is 3.24 Å². The van der Waals surface area contributed by atoms with E-state index in [2.05, 4.69) is 0 Å². The minimum atomic E-state index is -5.25. The number of nitrogens with zero attached hydrogens (tertiary/aromatic N) is 1. The average Bonchev–Trinajstić information content (AvgIpc) is 1.59. The molecule has 0 fully saturated rings. The van der Waals surface area contributed by atoms with Crippen molar-refractivity contribution < 1.29 is 12.3 Å². The Kier molecular flexibility index (Phi) is 3.96. The lowest BCUT2D eigenvalue weighted by Crippen LogP contribution is -2.19. The van der Waals surface area contributed by atoms with Crippen LogP contribution in [0, 0.1) is 0 Å². The lowest BCUT2D eigenvalue weighted by atomic mass is 10.5. The molecule has 1 nitrogen and oxygen atoms in total. The van der Waals surface area contributed by atoms with Gasteiger partial charge in [-0.2, -0.15) is 0 Å². The molecule has 0 saturated carbocycles. The molecule has 0 aromatic heterocycles.